The summed E-state index contributed by atoms with van der Waals surface area (Å²) in [5.41, 5.74) is 12.3. The molecule has 4 amide bonds. The van der Waals surface area contributed by atoms with Crippen molar-refractivity contribution in [3.05, 3.63) is 143 Å². The number of hydrogen-bond acceptors (Lipinski definition) is 8. The molecule has 0 radical (unpaired) electrons. The largest absolute Gasteiger partial charge is 0.354 e. The number of ketones is 2. The second kappa shape index (κ2) is 20.2. The minimum absolute atomic E-state index is 0.0810. The molecule has 8 bridgehead atoms. The lowest BCUT2D eigenvalue weighted by atomic mass is 9.98. The zero-order chi connectivity index (χ0) is 60.5. The standard InChI is InChI=1S/C72H70N8O6/c1-37(81)39-17-21-41(22-18-39)59-51-25-29-55(73-51)63(61-47(77-65(83)43-33-69(43,3)4)13-11-14-48(61)78-66(84)44-34-70(44,5)6)57-31-27-53(75-57)60(42-23-19-40(20-24-42)38(2)82)54-28-32-58(76-54)64(56-30-26-52(59)74-56)62-49(79-67(85)45-35-71(45,7)8)15-12-16-50(62)80-68(86)46-36-72(46,9)10/h11-32,43-46,73,76H,33-36H2,1-10H3,(H,77,83)(H,78,84)(H,79,85)(H,80,86)/t43-,44-,45-,46-/m1/s1. The first-order valence-corrected chi connectivity index (χ1v) is 29.7. The van der Waals surface area contributed by atoms with Gasteiger partial charge in [0.05, 0.1) is 45.5 Å². The number of aromatic amines is 2. The molecule has 0 spiro atoms. The van der Waals surface area contributed by atoms with Crippen LogP contribution < -0.4 is 21.3 Å². The van der Waals surface area contributed by atoms with Gasteiger partial charge in [-0.25, -0.2) is 9.97 Å². The third kappa shape index (κ3) is 10.3. The van der Waals surface area contributed by atoms with E-state index in [0.717, 1.165) is 36.8 Å². The number of nitrogens with one attached hydrogen (secondary N) is 6. The maximum atomic E-state index is 14.3. The summed E-state index contributed by atoms with van der Waals surface area (Å²) in [7, 11) is 0. The molecule has 4 fully saturated rings. The average molecular weight is 1140 g/mol. The van der Waals surface area contributed by atoms with E-state index in [-0.39, 0.29) is 80.5 Å². The number of benzene rings is 4. The van der Waals surface area contributed by atoms with Crippen LogP contribution in [0.3, 0.4) is 0 Å². The molecule has 6 aliphatic rings. The number of H-pyrrole nitrogens is 2. The number of nitrogens with zero attached hydrogens (tertiary/aromatic N) is 2. The molecule has 4 aromatic carbocycles. The van der Waals surface area contributed by atoms with E-state index in [1.165, 1.54) is 13.8 Å². The molecule has 4 aliphatic carbocycles. The van der Waals surface area contributed by atoms with E-state index in [9.17, 15) is 28.8 Å². The predicted molar refractivity (Wildman–Crippen MR) is 343 cm³/mol. The van der Waals surface area contributed by atoms with Gasteiger partial charge < -0.3 is 31.2 Å². The highest BCUT2D eigenvalue weighted by Crippen LogP contribution is 2.56. The van der Waals surface area contributed by atoms with E-state index in [4.69, 9.17) is 9.97 Å². The lowest BCUT2D eigenvalue weighted by molar-refractivity contribution is -0.118. The summed E-state index contributed by atoms with van der Waals surface area (Å²) in [6, 6.07) is 33.9. The summed E-state index contributed by atoms with van der Waals surface area (Å²) in [6.07, 6.45) is 10.7. The number of carbonyl (C=O) groups excluding carboxylic acids is 6. The van der Waals surface area contributed by atoms with Gasteiger partial charge in [-0.2, -0.15) is 0 Å². The molecular weight excluding hydrogens is 1070 g/mol. The Labute approximate surface area is 499 Å². The Morgan fingerprint density at radius 3 is 0.849 bits per heavy atom. The lowest BCUT2D eigenvalue weighted by Crippen LogP contribution is -2.19. The second-order valence-electron chi connectivity index (χ2n) is 27.2. The van der Waals surface area contributed by atoms with Crippen molar-refractivity contribution in [2.24, 2.45) is 45.3 Å². The molecule has 3 aromatic heterocycles. The first-order chi connectivity index (χ1) is 40.9. The third-order valence-corrected chi connectivity index (χ3v) is 18.9. The summed E-state index contributed by atoms with van der Waals surface area (Å²) >= 11 is 0. The van der Waals surface area contributed by atoms with Crippen LogP contribution in [0.1, 0.15) is 138 Å². The highest BCUT2D eigenvalue weighted by molar-refractivity contribution is 6.12. The van der Waals surface area contributed by atoms with Gasteiger partial charge in [0.2, 0.25) is 23.6 Å². The molecule has 2 aliphatic heterocycles. The Bertz CT molecular complexity index is 3970. The van der Waals surface area contributed by atoms with Crippen molar-refractivity contribution in [1.29, 1.82) is 0 Å². The number of amides is 4. The lowest BCUT2D eigenvalue weighted by Gasteiger charge is -2.18. The van der Waals surface area contributed by atoms with Gasteiger partial charge in [0.25, 0.3) is 0 Å². The number of rotatable bonds is 14. The maximum Gasteiger partial charge on any atom is 0.228 e. The molecule has 0 unspecified atom stereocenters. The van der Waals surface area contributed by atoms with Crippen LogP contribution in [0.2, 0.25) is 0 Å². The van der Waals surface area contributed by atoms with E-state index in [2.05, 4.69) is 86.6 Å². The summed E-state index contributed by atoms with van der Waals surface area (Å²) in [5, 5.41) is 13.2. The number of Topliss-reactive ketones (excluding diaryl/α,β-unsaturated/α-hetero) is 2. The molecule has 14 heteroatoms. The SMILES string of the molecule is CC(=O)c1ccc(-c2c3nc(c(-c4c(NC(=O)[C@H]5CC5(C)C)cccc4NC(=O)[C@H]4CC4(C)C)c4ccc([nH]4)c(-c4ccc(C(C)=O)cc4)c4nc(c(-c5c(NC(=O)[C@H]6CC6(C)C)cccc5NC(=O)[C@H]5CC5(C)C)c5ccc2[nH]5)C=C4)C=C3)cc1. The fourth-order valence-corrected chi connectivity index (χ4v) is 12.7. The summed E-state index contributed by atoms with van der Waals surface area (Å²) < 4.78 is 0. The Balaban J connectivity index is 1.14. The van der Waals surface area contributed by atoms with Gasteiger partial charge in [-0.1, -0.05) is 116 Å². The number of fused-ring (bicyclic) bond motifs is 8. The average Bonchev–Trinajstić information content (AvgIpc) is 4.36. The summed E-state index contributed by atoms with van der Waals surface area (Å²) in [6.45, 7) is 19.7. The maximum absolute atomic E-state index is 14.3. The van der Waals surface area contributed by atoms with Crippen LogP contribution in [0.25, 0.3) is 90.9 Å². The zero-order valence-corrected chi connectivity index (χ0v) is 50.2. The highest BCUT2D eigenvalue weighted by atomic mass is 16.2. The van der Waals surface area contributed by atoms with Crippen molar-refractivity contribution in [2.45, 2.75) is 94.9 Å². The number of aromatic nitrogens is 4. The van der Waals surface area contributed by atoms with Crippen LogP contribution >= 0.6 is 0 Å². The normalized spacial score (nSPS) is 20.1. The number of anilines is 4. The van der Waals surface area contributed by atoms with Crippen molar-refractivity contribution >= 4 is 104 Å². The van der Waals surface area contributed by atoms with Crippen molar-refractivity contribution in [2.75, 3.05) is 21.3 Å². The van der Waals surface area contributed by atoms with Crippen molar-refractivity contribution < 1.29 is 28.8 Å². The predicted octanol–water partition coefficient (Wildman–Crippen LogP) is 15.7. The minimum Gasteiger partial charge on any atom is -0.354 e. The van der Waals surface area contributed by atoms with E-state index in [1.807, 2.05) is 109 Å². The van der Waals surface area contributed by atoms with Crippen molar-refractivity contribution in [3.8, 4) is 44.5 Å². The van der Waals surface area contributed by atoms with Crippen LogP contribution in [0.4, 0.5) is 22.7 Å². The van der Waals surface area contributed by atoms with Gasteiger partial charge in [-0.15, -0.1) is 0 Å². The fourth-order valence-electron chi connectivity index (χ4n) is 12.7. The highest BCUT2D eigenvalue weighted by Gasteiger charge is 2.53. The van der Waals surface area contributed by atoms with Crippen LogP contribution in [0.5, 0.6) is 0 Å². The smallest absolute Gasteiger partial charge is 0.228 e. The third-order valence-electron chi connectivity index (χ3n) is 18.9. The zero-order valence-electron chi connectivity index (χ0n) is 50.2. The Morgan fingerprint density at radius 2 is 0.605 bits per heavy atom. The first-order valence-electron chi connectivity index (χ1n) is 29.7. The molecule has 4 saturated carbocycles. The molecule has 4 atom stereocenters. The Hall–Kier alpha value is -9.30. The molecule has 434 valence electrons. The van der Waals surface area contributed by atoms with Crippen LogP contribution in [-0.2, 0) is 19.2 Å². The van der Waals surface area contributed by atoms with Gasteiger partial charge in [0.15, 0.2) is 11.6 Å². The Morgan fingerprint density at radius 1 is 0.360 bits per heavy atom. The molecule has 86 heavy (non-hydrogen) atoms. The first kappa shape index (κ1) is 55.9. The van der Waals surface area contributed by atoms with Crippen LogP contribution in [0, 0.1) is 45.3 Å². The molecule has 7 aromatic rings. The molecule has 5 heterocycles. The van der Waals surface area contributed by atoms with E-state index >= 15 is 0 Å². The van der Waals surface area contributed by atoms with Gasteiger partial charge in [0.1, 0.15) is 0 Å². The molecule has 0 saturated heterocycles. The molecule has 14 nitrogen and oxygen atoms in total. The van der Waals surface area contributed by atoms with Gasteiger partial charge in [0, 0.05) is 90.2 Å². The second-order valence-corrected chi connectivity index (χ2v) is 27.2. The van der Waals surface area contributed by atoms with E-state index in [1.54, 1.807) is 24.3 Å². The summed E-state index contributed by atoms with van der Waals surface area (Å²) in [5.74, 6) is -1.50. The number of hydrogen-bond donors (Lipinski definition) is 6. The molecule has 6 N–H and O–H groups in total. The van der Waals surface area contributed by atoms with Gasteiger partial charge >= 0.3 is 0 Å². The van der Waals surface area contributed by atoms with Crippen LogP contribution in [0.15, 0.2) is 109 Å². The quantitative estimate of drug-likeness (QED) is 0.0576. The fraction of sp³-hybridized carbons (Fsp3) is 0.306. The minimum atomic E-state index is -0.213. The monoisotopic (exact) mass is 1140 g/mol. The topological polar surface area (TPSA) is 208 Å². The number of carbonyl (C=O) groups is 6. The molecule has 13 rings (SSSR count). The van der Waals surface area contributed by atoms with Crippen molar-refractivity contribution in [1.82, 2.24) is 19.9 Å². The molecular formula is C72H70N8O6. The van der Waals surface area contributed by atoms with Crippen molar-refractivity contribution in [3.63, 3.8) is 0 Å². The summed E-state index contributed by atoms with van der Waals surface area (Å²) in [4.78, 5) is 102. The van der Waals surface area contributed by atoms with Gasteiger partial charge in [-0.05, 0) is 145 Å². The van der Waals surface area contributed by atoms with E-state index < -0.39 is 0 Å². The van der Waals surface area contributed by atoms with Crippen LogP contribution in [-0.4, -0.2) is 55.1 Å². The van der Waals surface area contributed by atoms with E-state index in [0.29, 0.717) is 112 Å². The van der Waals surface area contributed by atoms with Gasteiger partial charge in [-0.3, -0.25) is 28.8 Å². The Kier molecular flexibility index (Phi) is 13.1.